The van der Waals surface area contributed by atoms with Crippen LogP contribution in [0.5, 0.6) is 0 Å². The lowest BCUT2D eigenvalue weighted by molar-refractivity contribution is 0.0697. The third-order valence-electron chi connectivity index (χ3n) is 6.06. The average molecular weight is 414 g/mol. The Morgan fingerprint density at radius 1 is 1.10 bits per heavy atom. The molecule has 0 radical (unpaired) electrons. The summed E-state index contributed by atoms with van der Waals surface area (Å²) in [5.41, 5.74) is 5.67. The summed E-state index contributed by atoms with van der Waals surface area (Å²) in [7, 11) is 1.85. The van der Waals surface area contributed by atoms with Gasteiger partial charge in [-0.05, 0) is 62.1 Å². The van der Waals surface area contributed by atoms with E-state index in [-0.39, 0.29) is 11.1 Å². The van der Waals surface area contributed by atoms with E-state index in [9.17, 15) is 14.7 Å². The van der Waals surface area contributed by atoms with E-state index in [1.165, 1.54) is 0 Å². The second-order valence-electron chi connectivity index (χ2n) is 7.86. The Bertz CT molecular complexity index is 1400. The molecule has 4 aromatic rings. The first kappa shape index (κ1) is 19.1. The molecule has 0 unspecified atom stereocenters. The first-order chi connectivity index (χ1) is 15.0. The predicted molar refractivity (Wildman–Crippen MR) is 120 cm³/mol. The Morgan fingerprint density at radius 2 is 1.87 bits per heavy atom. The highest BCUT2D eigenvalue weighted by molar-refractivity contribution is 6.00. The molecule has 2 N–H and O–H groups in total. The summed E-state index contributed by atoms with van der Waals surface area (Å²) in [6, 6.07) is 14.4. The van der Waals surface area contributed by atoms with Gasteiger partial charge in [-0.15, -0.1) is 0 Å². The Kier molecular flexibility index (Phi) is 4.39. The molecular formula is C24H22N4O3. The highest BCUT2D eigenvalue weighted by Crippen LogP contribution is 2.36. The highest BCUT2D eigenvalue weighted by Gasteiger charge is 2.23. The number of hydrogen-bond donors (Lipinski definition) is 2. The van der Waals surface area contributed by atoms with E-state index in [0.29, 0.717) is 5.69 Å². The van der Waals surface area contributed by atoms with Crippen molar-refractivity contribution >= 4 is 28.2 Å². The quantitative estimate of drug-likeness (QED) is 0.528. The van der Waals surface area contributed by atoms with E-state index in [0.717, 1.165) is 58.5 Å². The summed E-state index contributed by atoms with van der Waals surface area (Å²) in [6.45, 7) is 1.90. The fraction of sp³-hybridized carbons (Fsp3) is 0.208. The van der Waals surface area contributed by atoms with Crippen LogP contribution in [-0.4, -0.2) is 25.4 Å². The van der Waals surface area contributed by atoms with Crippen LogP contribution in [-0.2, 0) is 19.9 Å². The minimum Gasteiger partial charge on any atom is -0.478 e. The van der Waals surface area contributed by atoms with Crippen molar-refractivity contribution < 1.29 is 9.90 Å². The van der Waals surface area contributed by atoms with Gasteiger partial charge in [0.15, 0.2) is 0 Å². The minimum atomic E-state index is -0.990. The maximum absolute atomic E-state index is 13.4. The van der Waals surface area contributed by atoms with Crippen molar-refractivity contribution in [3.05, 3.63) is 81.4 Å². The highest BCUT2D eigenvalue weighted by atomic mass is 16.4. The summed E-state index contributed by atoms with van der Waals surface area (Å²) < 4.78 is 3.45. The summed E-state index contributed by atoms with van der Waals surface area (Å²) in [4.78, 5) is 29.7. The molecule has 7 nitrogen and oxygen atoms in total. The summed E-state index contributed by atoms with van der Waals surface area (Å²) >= 11 is 0. The second-order valence-corrected chi connectivity index (χ2v) is 7.86. The van der Waals surface area contributed by atoms with Crippen LogP contribution in [0.4, 0.5) is 11.4 Å². The number of nitrogens with zero attached hydrogens (tertiary/aromatic N) is 3. The van der Waals surface area contributed by atoms with E-state index >= 15 is 0 Å². The Balaban J connectivity index is 1.73. The number of pyridine rings is 1. The lowest BCUT2D eigenvalue weighted by Crippen LogP contribution is -2.20. The van der Waals surface area contributed by atoms with Gasteiger partial charge in [0.05, 0.1) is 28.1 Å². The molecule has 0 aliphatic heterocycles. The largest absolute Gasteiger partial charge is 0.478 e. The van der Waals surface area contributed by atoms with E-state index < -0.39 is 5.97 Å². The van der Waals surface area contributed by atoms with Gasteiger partial charge in [0.1, 0.15) is 5.69 Å². The molecular weight excluding hydrogens is 392 g/mol. The fourth-order valence-corrected chi connectivity index (χ4v) is 4.38. The lowest BCUT2D eigenvalue weighted by Gasteiger charge is -2.14. The molecule has 2 aromatic carbocycles. The summed E-state index contributed by atoms with van der Waals surface area (Å²) in [5.74, 6) is -0.990. The van der Waals surface area contributed by atoms with Crippen molar-refractivity contribution in [3.8, 4) is 5.69 Å². The molecule has 156 valence electrons. The number of carboxylic acid groups (broad SMARTS) is 1. The van der Waals surface area contributed by atoms with Gasteiger partial charge in [-0.1, -0.05) is 18.2 Å². The van der Waals surface area contributed by atoms with Crippen LogP contribution < -0.4 is 10.9 Å². The predicted octanol–water partition coefficient (Wildman–Crippen LogP) is 3.96. The van der Waals surface area contributed by atoms with E-state index in [1.807, 2.05) is 49.0 Å². The average Bonchev–Trinajstić information content (AvgIpc) is 3.32. The molecule has 2 aromatic heterocycles. The van der Waals surface area contributed by atoms with Gasteiger partial charge in [-0.2, -0.15) is 0 Å². The lowest BCUT2D eigenvalue weighted by atomic mass is 10.0. The summed E-state index contributed by atoms with van der Waals surface area (Å²) in [6.07, 6.45) is 2.71. The van der Waals surface area contributed by atoms with E-state index in [1.54, 1.807) is 22.9 Å². The van der Waals surface area contributed by atoms with Crippen LogP contribution in [0.2, 0.25) is 0 Å². The number of fused-ring (bicyclic) bond motifs is 2. The van der Waals surface area contributed by atoms with Gasteiger partial charge in [-0.25, -0.2) is 9.48 Å². The molecule has 0 fully saturated rings. The van der Waals surface area contributed by atoms with Gasteiger partial charge in [-0.3, -0.25) is 14.5 Å². The van der Waals surface area contributed by atoms with Crippen molar-refractivity contribution in [1.82, 2.24) is 14.3 Å². The molecule has 0 spiro atoms. The van der Waals surface area contributed by atoms with Gasteiger partial charge in [0, 0.05) is 18.1 Å². The molecule has 5 rings (SSSR count). The van der Waals surface area contributed by atoms with Crippen molar-refractivity contribution in [1.29, 1.82) is 0 Å². The van der Waals surface area contributed by atoms with Crippen molar-refractivity contribution in [2.45, 2.75) is 26.2 Å². The molecule has 0 bridgehead atoms. The number of aromatic carboxylic acids is 1. The maximum atomic E-state index is 13.4. The smallest absolute Gasteiger partial charge is 0.335 e. The fourth-order valence-electron chi connectivity index (χ4n) is 4.38. The maximum Gasteiger partial charge on any atom is 0.335 e. The molecule has 2 heterocycles. The van der Waals surface area contributed by atoms with E-state index in [2.05, 4.69) is 5.32 Å². The first-order valence-electron chi connectivity index (χ1n) is 10.3. The number of hydrogen-bond acceptors (Lipinski definition) is 4. The van der Waals surface area contributed by atoms with Gasteiger partial charge in [0.25, 0.3) is 5.56 Å². The van der Waals surface area contributed by atoms with Crippen LogP contribution in [0.25, 0.3) is 16.6 Å². The van der Waals surface area contributed by atoms with Crippen LogP contribution in [0.3, 0.4) is 0 Å². The molecule has 0 atom stereocenters. The van der Waals surface area contributed by atoms with Gasteiger partial charge < -0.3 is 10.4 Å². The molecule has 0 saturated carbocycles. The Labute approximate surface area is 178 Å². The normalized spacial score (nSPS) is 12.8. The number of para-hydroxylation sites is 1. The third-order valence-corrected chi connectivity index (χ3v) is 6.06. The zero-order valence-electron chi connectivity index (χ0n) is 17.3. The molecule has 31 heavy (non-hydrogen) atoms. The van der Waals surface area contributed by atoms with Gasteiger partial charge in [0.2, 0.25) is 0 Å². The van der Waals surface area contributed by atoms with Crippen LogP contribution >= 0.6 is 0 Å². The standard InChI is InChI=1S/C24H22N4O3/c1-14-21(23(29)28(27(14)2)16-7-4-3-5-8-16)26-22-17-9-6-10-19(17)25-20-12-11-15(24(30)31)13-18(20)22/h3-5,7-8,11-13H,6,9-10H2,1-2H3,(H,25,26)(H,30,31). The van der Waals surface area contributed by atoms with E-state index in [4.69, 9.17) is 4.98 Å². The molecule has 7 heteroatoms. The second kappa shape index (κ2) is 7.12. The number of carboxylic acids is 1. The number of nitrogens with one attached hydrogen (secondary N) is 1. The number of anilines is 2. The zero-order chi connectivity index (χ0) is 21.7. The topological polar surface area (TPSA) is 89.2 Å². The first-order valence-corrected chi connectivity index (χ1v) is 10.3. The van der Waals surface area contributed by atoms with Crippen molar-refractivity contribution in [3.63, 3.8) is 0 Å². The third kappa shape index (κ3) is 3.01. The molecule has 0 amide bonds. The Hall–Kier alpha value is -3.87. The molecule has 1 aliphatic carbocycles. The number of aryl methyl sites for hydroxylation is 1. The summed E-state index contributed by atoms with van der Waals surface area (Å²) in [5, 5.41) is 13.6. The molecule has 1 aliphatic rings. The van der Waals surface area contributed by atoms with Crippen molar-refractivity contribution in [2.24, 2.45) is 7.05 Å². The number of carbonyl (C=O) groups is 1. The zero-order valence-corrected chi connectivity index (χ0v) is 17.3. The number of rotatable bonds is 4. The van der Waals surface area contributed by atoms with Crippen LogP contribution in [0.15, 0.2) is 53.3 Å². The Morgan fingerprint density at radius 3 is 2.61 bits per heavy atom. The van der Waals surface area contributed by atoms with Crippen LogP contribution in [0.1, 0.15) is 33.7 Å². The number of aromatic nitrogens is 3. The monoisotopic (exact) mass is 414 g/mol. The number of benzene rings is 2. The minimum absolute atomic E-state index is 0.155. The van der Waals surface area contributed by atoms with Crippen molar-refractivity contribution in [2.75, 3.05) is 5.32 Å². The van der Waals surface area contributed by atoms with Crippen LogP contribution in [0, 0.1) is 6.92 Å². The SMILES string of the molecule is Cc1c(Nc2c3c(nc4ccc(C(=O)O)cc24)CCC3)c(=O)n(-c2ccccc2)n1C. The van der Waals surface area contributed by atoms with Gasteiger partial charge >= 0.3 is 5.97 Å². The molecule has 0 saturated heterocycles.